The first kappa shape index (κ1) is 23.5. The number of ether oxygens (including phenoxy) is 1. The normalized spacial score (nSPS) is 18.2. The van der Waals surface area contributed by atoms with Gasteiger partial charge in [-0.25, -0.2) is 0 Å². The molecule has 1 saturated heterocycles. The molecule has 1 aromatic rings. The lowest BCUT2D eigenvalue weighted by Crippen LogP contribution is -2.51. The molecule has 2 rings (SSSR count). The molecule has 0 amide bonds. The summed E-state index contributed by atoms with van der Waals surface area (Å²) >= 11 is 5.98. The van der Waals surface area contributed by atoms with Gasteiger partial charge in [-0.2, -0.15) is 0 Å². The number of hydrogen-bond donors (Lipinski definition) is 2. The van der Waals surface area contributed by atoms with Crippen molar-refractivity contribution >= 4 is 41.5 Å². The zero-order valence-electron chi connectivity index (χ0n) is 16.2. The van der Waals surface area contributed by atoms with E-state index in [1.807, 2.05) is 24.3 Å². The van der Waals surface area contributed by atoms with Crippen LogP contribution in [-0.2, 0) is 4.74 Å². The molecule has 1 unspecified atom stereocenters. The van der Waals surface area contributed by atoms with Crippen LogP contribution in [0.1, 0.15) is 38.3 Å². The van der Waals surface area contributed by atoms with Gasteiger partial charge in [0.2, 0.25) is 0 Å². The molecule has 1 heterocycles. The van der Waals surface area contributed by atoms with Crippen molar-refractivity contribution in [1.82, 2.24) is 15.5 Å². The molecule has 0 bridgehead atoms. The second-order valence-corrected chi connectivity index (χ2v) is 7.28. The van der Waals surface area contributed by atoms with E-state index in [1.54, 1.807) is 0 Å². The Morgan fingerprint density at radius 1 is 1.27 bits per heavy atom. The van der Waals surface area contributed by atoms with Crippen LogP contribution in [0, 0.1) is 0 Å². The highest BCUT2D eigenvalue weighted by molar-refractivity contribution is 14.0. The molecule has 148 valence electrons. The number of aliphatic imine (C=N–C) groups is 1. The number of hydrogen-bond acceptors (Lipinski definition) is 3. The van der Waals surface area contributed by atoms with Gasteiger partial charge in [0.15, 0.2) is 5.96 Å². The summed E-state index contributed by atoms with van der Waals surface area (Å²) in [7, 11) is 4.27. The van der Waals surface area contributed by atoms with Crippen LogP contribution >= 0.6 is 35.6 Å². The molecular formula is C19H32ClIN4O. The zero-order chi connectivity index (χ0) is 18.3. The minimum atomic E-state index is 0. The molecule has 0 aromatic heterocycles. The number of nitrogens with zero attached hydrogens (tertiary/aromatic N) is 2. The van der Waals surface area contributed by atoms with E-state index in [0.717, 1.165) is 50.1 Å². The predicted molar refractivity (Wildman–Crippen MR) is 121 cm³/mol. The van der Waals surface area contributed by atoms with Gasteiger partial charge in [0, 0.05) is 30.3 Å². The number of likely N-dealkylation sites (N-methyl/N-ethyl adjacent to an activating group) is 1. The molecule has 0 saturated carbocycles. The van der Waals surface area contributed by atoms with Gasteiger partial charge in [0.05, 0.1) is 12.6 Å². The summed E-state index contributed by atoms with van der Waals surface area (Å²) in [5, 5.41) is 7.60. The van der Waals surface area contributed by atoms with E-state index in [-0.39, 0.29) is 35.6 Å². The number of halogens is 2. The van der Waals surface area contributed by atoms with Gasteiger partial charge < -0.3 is 20.3 Å². The highest BCUT2D eigenvalue weighted by Gasteiger charge is 2.34. The molecule has 0 aliphatic carbocycles. The first-order chi connectivity index (χ1) is 12.0. The SMILES string of the molecule is CCNC(=NCC1(N(C)C)CCOCC1)NC(C)c1ccc(Cl)cc1.I. The Morgan fingerprint density at radius 2 is 1.88 bits per heavy atom. The van der Waals surface area contributed by atoms with Crippen molar-refractivity contribution in [3.8, 4) is 0 Å². The molecule has 1 atom stereocenters. The van der Waals surface area contributed by atoms with Crippen molar-refractivity contribution in [2.45, 2.75) is 38.3 Å². The summed E-state index contributed by atoms with van der Waals surface area (Å²) in [6, 6.07) is 8.08. The number of nitrogens with one attached hydrogen (secondary N) is 2. The Kier molecular flexibility index (Phi) is 10.2. The summed E-state index contributed by atoms with van der Waals surface area (Å²) in [6.45, 7) is 7.41. The van der Waals surface area contributed by atoms with Gasteiger partial charge in [0.25, 0.3) is 0 Å². The third kappa shape index (κ3) is 6.55. The first-order valence-electron chi connectivity index (χ1n) is 9.02. The van der Waals surface area contributed by atoms with E-state index in [4.69, 9.17) is 21.3 Å². The quantitative estimate of drug-likeness (QED) is 0.360. The molecule has 0 spiro atoms. The Labute approximate surface area is 179 Å². The highest BCUT2D eigenvalue weighted by atomic mass is 127. The van der Waals surface area contributed by atoms with Crippen molar-refractivity contribution < 1.29 is 4.74 Å². The Balaban J connectivity index is 0.00000338. The lowest BCUT2D eigenvalue weighted by Gasteiger charge is -2.41. The van der Waals surface area contributed by atoms with Crippen molar-refractivity contribution in [3.05, 3.63) is 34.9 Å². The maximum absolute atomic E-state index is 5.98. The molecule has 1 aromatic carbocycles. The van der Waals surface area contributed by atoms with Gasteiger partial charge in [-0.3, -0.25) is 4.99 Å². The van der Waals surface area contributed by atoms with Gasteiger partial charge >= 0.3 is 0 Å². The number of benzene rings is 1. The van der Waals surface area contributed by atoms with Gasteiger partial charge in [0.1, 0.15) is 0 Å². The highest BCUT2D eigenvalue weighted by Crippen LogP contribution is 2.26. The average Bonchev–Trinajstić information content (AvgIpc) is 2.61. The van der Waals surface area contributed by atoms with Crippen LogP contribution in [0.2, 0.25) is 5.02 Å². The zero-order valence-corrected chi connectivity index (χ0v) is 19.3. The molecule has 2 N–H and O–H groups in total. The van der Waals surface area contributed by atoms with Crippen LogP contribution in [0.15, 0.2) is 29.3 Å². The molecule has 1 fully saturated rings. The maximum Gasteiger partial charge on any atom is 0.191 e. The molecule has 26 heavy (non-hydrogen) atoms. The van der Waals surface area contributed by atoms with Crippen LogP contribution in [0.3, 0.4) is 0 Å². The van der Waals surface area contributed by atoms with Crippen molar-refractivity contribution in [3.63, 3.8) is 0 Å². The number of guanidine groups is 1. The minimum Gasteiger partial charge on any atom is -0.381 e. The fraction of sp³-hybridized carbons (Fsp3) is 0.632. The van der Waals surface area contributed by atoms with E-state index in [9.17, 15) is 0 Å². The monoisotopic (exact) mass is 494 g/mol. The fourth-order valence-corrected chi connectivity index (χ4v) is 3.21. The van der Waals surface area contributed by atoms with E-state index >= 15 is 0 Å². The van der Waals surface area contributed by atoms with E-state index < -0.39 is 0 Å². The van der Waals surface area contributed by atoms with Crippen LogP contribution in [-0.4, -0.2) is 56.8 Å². The van der Waals surface area contributed by atoms with Crippen molar-refractivity contribution in [2.24, 2.45) is 4.99 Å². The van der Waals surface area contributed by atoms with Crippen LogP contribution in [0.4, 0.5) is 0 Å². The summed E-state index contributed by atoms with van der Waals surface area (Å²) in [6.07, 6.45) is 2.02. The second-order valence-electron chi connectivity index (χ2n) is 6.84. The lowest BCUT2D eigenvalue weighted by molar-refractivity contribution is -0.00255. The van der Waals surface area contributed by atoms with Crippen LogP contribution < -0.4 is 10.6 Å². The first-order valence-corrected chi connectivity index (χ1v) is 9.40. The Hall–Kier alpha value is -0.570. The van der Waals surface area contributed by atoms with Crippen LogP contribution in [0.5, 0.6) is 0 Å². The van der Waals surface area contributed by atoms with E-state index in [0.29, 0.717) is 0 Å². The third-order valence-corrected chi connectivity index (χ3v) is 5.22. The lowest BCUT2D eigenvalue weighted by atomic mass is 9.89. The second kappa shape index (κ2) is 11.3. The predicted octanol–water partition coefficient (Wildman–Crippen LogP) is 3.68. The third-order valence-electron chi connectivity index (χ3n) is 4.97. The number of rotatable bonds is 6. The average molecular weight is 495 g/mol. The standard InChI is InChI=1S/C19H31ClN4O.HI/c1-5-21-18(23-15(2)16-6-8-17(20)9-7-16)22-14-19(24(3)4)10-12-25-13-11-19;/h6-9,15H,5,10-14H2,1-4H3,(H2,21,22,23);1H. The fourth-order valence-electron chi connectivity index (χ4n) is 3.08. The Bertz CT molecular complexity index is 559. The molecule has 5 nitrogen and oxygen atoms in total. The maximum atomic E-state index is 5.98. The van der Waals surface area contributed by atoms with E-state index in [1.165, 1.54) is 5.56 Å². The summed E-state index contributed by atoms with van der Waals surface area (Å²) in [4.78, 5) is 7.18. The molecular weight excluding hydrogens is 463 g/mol. The minimum absolute atomic E-state index is 0. The largest absolute Gasteiger partial charge is 0.381 e. The van der Waals surface area contributed by atoms with Gasteiger partial charge in [-0.05, 0) is 58.5 Å². The topological polar surface area (TPSA) is 48.9 Å². The van der Waals surface area contributed by atoms with Gasteiger partial charge in [-0.1, -0.05) is 23.7 Å². The van der Waals surface area contributed by atoms with E-state index in [2.05, 4.69) is 43.5 Å². The van der Waals surface area contributed by atoms with Crippen LogP contribution in [0.25, 0.3) is 0 Å². The van der Waals surface area contributed by atoms with Crippen molar-refractivity contribution in [2.75, 3.05) is 40.4 Å². The molecule has 7 heteroatoms. The molecule has 1 aliphatic rings. The molecule has 0 radical (unpaired) electrons. The summed E-state index contributed by atoms with van der Waals surface area (Å²) in [5.41, 5.74) is 1.26. The Morgan fingerprint density at radius 3 is 2.42 bits per heavy atom. The smallest absolute Gasteiger partial charge is 0.191 e. The molecule has 1 aliphatic heterocycles. The van der Waals surface area contributed by atoms with Gasteiger partial charge in [-0.15, -0.1) is 24.0 Å². The summed E-state index contributed by atoms with van der Waals surface area (Å²) in [5.74, 6) is 0.845. The van der Waals surface area contributed by atoms with Crippen molar-refractivity contribution in [1.29, 1.82) is 0 Å². The summed E-state index contributed by atoms with van der Waals surface area (Å²) < 4.78 is 5.54.